The van der Waals surface area contributed by atoms with Crippen LogP contribution in [0.3, 0.4) is 0 Å². The van der Waals surface area contributed by atoms with E-state index in [1.807, 2.05) is 0 Å². The Morgan fingerprint density at radius 2 is 1.46 bits per heavy atom. The maximum Gasteiger partial charge on any atom is 0.248 e. The molecule has 1 heterocycles. The Labute approximate surface area is 158 Å². The fourth-order valence-corrected chi connectivity index (χ4v) is 5.36. The van der Waals surface area contributed by atoms with Crippen LogP contribution < -0.4 is 0 Å². The van der Waals surface area contributed by atoms with E-state index in [0.29, 0.717) is 0 Å². The number of aromatic nitrogens is 1. The molecule has 2 aliphatic rings. The minimum absolute atomic E-state index is 0.750. The third-order valence-electron chi connectivity index (χ3n) is 7.11. The lowest BCUT2D eigenvalue weighted by atomic mass is 9.68. The Morgan fingerprint density at radius 1 is 0.885 bits per heavy atom. The van der Waals surface area contributed by atoms with Gasteiger partial charge < -0.3 is 0 Å². The molecule has 3 heteroatoms. The molecule has 1 aromatic heterocycles. The van der Waals surface area contributed by atoms with Crippen LogP contribution in [0.5, 0.6) is 0 Å². The van der Waals surface area contributed by atoms with Gasteiger partial charge in [0.15, 0.2) is 5.82 Å². The molecule has 2 aliphatic carbocycles. The molecular formula is C23H35F2N. The number of rotatable bonds is 7. The number of unbranched alkanes of at least 4 members (excludes halogenated alkanes) is 1. The summed E-state index contributed by atoms with van der Waals surface area (Å²) in [5, 5.41) is 0. The SMILES string of the molecule is CCCC[C@H]1CC[C@H]([C@H]2CC[C@H](CCc3cnc(F)c(F)c3)CC2)CC1. The van der Waals surface area contributed by atoms with Gasteiger partial charge in [0, 0.05) is 6.20 Å². The van der Waals surface area contributed by atoms with Crippen molar-refractivity contribution in [3.05, 3.63) is 29.6 Å². The quantitative estimate of drug-likeness (QED) is 0.471. The summed E-state index contributed by atoms with van der Waals surface area (Å²) in [5.41, 5.74) is 0.830. The van der Waals surface area contributed by atoms with Crippen molar-refractivity contribution in [1.29, 1.82) is 0 Å². The molecule has 146 valence electrons. The summed E-state index contributed by atoms with van der Waals surface area (Å²) in [6.07, 6.45) is 18.8. The van der Waals surface area contributed by atoms with Gasteiger partial charge in [-0.25, -0.2) is 9.37 Å². The lowest BCUT2D eigenvalue weighted by Crippen LogP contribution is -2.26. The number of hydrogen-bond donors (Lipinski definition) is 0. The summed E-state index contributed by atoms with van der Waals surface area (Å²) in [7, 11) is 0. The Balaban J connectivity index is 1.36. The molecule has 2 fully saturated rings. The predicted octanol–water partition coefficient (Wildman–Crippen LogP) is 7.10. The number of hydrogen-bond acceptors (Lipinski definition) is 1. The molecule has 3 rings (SSSR count). The van der Waals surface area contributed by atoms with Crippen molar-refractivity contribution in [2.75, 3.05) is 0 Å². The monoisotopic (exact) mass is 363 g/mol. The van der Waals surface area contributed by atoms with Gasteiger partial charge in [0.25, 0.3) is 0 Å². The number of halogens is 2. The van der Waals surface area contributed by atoms with Crippen LogP contribution in [0.25, 0.3) is 0 Å². The molecule has 0 radical (unpaired) electrons. The topological polar surface area (TPSA) is 12.9 Å². The number of pyridine rings is 1. The van der Waals surface area contributed by atoms with Gasteiger partial charge >= 0.3 is 0 Å². The van der Waals surface area contributed by atoms with Crippen molar-refractivity contribution in [3.63, 3.8) is 0 Å². The van der Waals surface area contributed by atoms with E-state index in [9.17, 15) is 8.78 Å². The van der Waals surface area contributed by atoms with E-state index >= 15 is 0 Å². The largest absolute Gasteiger partial charge is 0.248 e. The summed E-state index contributed by atoms with van der Waals surface area (Å²) in [6.45, 7) is 2.30. The second kappa shape index (κ2) is 9.80. The van der Waals surface area contributed by atoms with E-state index in [0.717, 1.165) is 42.1 Å². The van der Waals surface area contributed by atoms with Crippen molar-refractivity contribution in [3.8, 4) is 0 Å². The van der Waals surface area contributed by atoms with Crippen LogP contribution in [0.1, 0.15) is 89.5 Å². The molecule has 2 saturated carbocycles. The van der Waals surface area contributed by atoms with Gasteiger partial charge in [-0.3, -0.25) is 0 Å². The molecule has 0 N–H and O–H groups in total. The summed E-state index contributed by atoms with van der Waals surface area (Å²) in [5.74, 6) is 1.87. The van der Waals surface area contributed by atoms with Gasteiger partial charge in [0.2, 0.25) is 5.95 Å². The number of nitrogens with zero attached hydrogens (tertiary/aromatic N) is 1. The Hall–Kier alpha value is -0.990. The summed E-state index contributed by atoms with van der Waals surface area (Å²) >= 11 is 0. The van der Waals surface area contributed by atoms with Gasteiger partial charge in [-0.15, -0.1) is 0 Å². The van der Waals surface area contributed by atoms with Crippen molar-refractivity contribution in [2.45, 2.75) is 90.4 Å². The van der Waals surface area contributed by atoms with Crippen molar-refractivity contribution < 1.29 is 8.78 Å². The average Bonchev–Trinajstić information content (AvgIpc) is 2.68. The second-order valence-electron chi connectivity index (χ2n) is 8.86. The van der Waals surface area contributed by atoms with Crippen molar-refractivity contribution in [2.24, 2.45) is 23.7 Å². The van der Waals surface area contributed by atoms with Crippen LogP contribution in [0.15, 0.2) is 12.3 Å². The summed E-state index contributed by atoms with van der Waals surface area (Å²) < 4.78 is 26.2. The lowest BCUT2D eigenvalue weighted by molar-refractivity contribution is 0.140. The highest BCUT2D eigenvalue weighted by Gasteiger charge is 2.30. The van der Waals surface area contributed by atoms with Gasteiger partial charge in [0.1, 0.15) is 0 Å². The lowest BCUT2D eigenvalue weighted by Gasteiger charge is -2.38. The zero-order valence-corrected chi connectivity index (χ0v) is 16.4. The zero-order valence-electron chi connectivity index (χ0n) is 16.4. The first-order valence-corrected chi connectivity index (χ1v) is 11.0. The van der Waals surface area contributed by atoms with Crippen LogP contribution in [-0.2, 0) is 6.42 Å². The third-order valence-corrected chi connectivity index (χ3v) is 7.11. The summed E-state index contributed by atoms with van der Waals surface area (Å²) in [6, 6.07) is 1.31. The van der Waals surface area contributed by atoms with E-state index in [-0.39, 0.29) is 0 Å². The highest BCUT2D eigenvalue weighted by molar-refractivity contribution is 5.11. The van der Waals surface area contributed by atoms with Crippen LogP contribution >= 0.6 is 0 Å². The Bertz CT molecular complexity index is 543. The fourth-order valence-electron chi connectivity index (χ4n) is 5.36. The minimum atomic E-state index is -0.987. The van der Waals surface area contributed by atoms with Crippen LogP contribution in [0, 0.1) is 35.4 Å². The van der Waals surface area contributed by atoms with Gasteiger partial charge in [-0.1, -0.05) is 51.9 Å². The average molecular weight is 364 g/mol. The highest BCUT2D eigenvalue weighted by atomic mass is 19.2. The predicted molar refractivity (Wildman–Crippen MR) is 103 cm³/mol. The number of aryl methyl sites for hydroxylation is 1. The first kappa shape index (κ1) is 19.8. The van der Waals surface area contributed by atoms with Gasteiger partial charge in [-0.2, -0.15) is 4.39 Å². The molecule has 0 aromatic carbocycles. The van der Waals surface area contributed by atoms with Crippen LogP contribution in [0.2, 0.25) is 0 Å². The maximum absolute atomic E-state index is 13.3. The van der Waals surface area contributed by atoms with E-state index in [1.165, 1.54) is 82.9 Å². The summed E-state index contributed by atoms with van der Waals surface area (Å²) in [4.78, 5) is 3.50. The zero-order chi connectivity index (χ0) is 18.4. The standard InChI is InChI=1S/C23H35F2N/c1-2-3-4-17-7-11-20(12-8-17)21-13-9-18(10-14-21)5-6-19-15-22(24)23(25)26-16-19/h15-18,20-21H,2-14H2,1H3/t17-,18-,20-,21-. The third kappa shape index (κ3) is 5.50. The Morgan fingerprint density at radius 3 is 2.00 bits per heavy atom. The molecule has 1 aromatic rings. The maximum atomic E-state index is 13.3. The fraction of sp³-hybridized carbons (Fsp3) is 0.783. The van der Waals surface area contributed by atoms with E-state index < -0.39 is 11.8 Å². The molecule has 0 aliphatic heterocycles. The Kier molecular flexibility index (Phi) is 7.45. The normalized spacial score (nSPS) is 29.7. The van der Waals surface area contributed by atoms with E-state index in [1.54, 1.807) is 0 Å². The van der Waals surface area contributed by atoms with Crippen LogP contribution in [0.4, 0.5) is 8.78 Å². The van der Waals surface area contributed by atoms with E-state index in [4.69, 9.17) is 0 Å². The molecule has 0 atom stereocenters. The minimum Gasteiger partial charge on any atom is -0.225 e. The van der Waals surface area contributed by atoms with Crippen LogP contribution in [-0.4, -0.2) is 4.98 Å². The van der Waals surface area contributed by atoms with Crippen molar-refractivity contribution >= 4 is 0 Å². The van der Waals surface area contributed by atoms with Gasteiger partial charge in [0.05, 0.1) is 0 Å². The first-order valence-electron chi connectivity index (χ1n) is 11.0. The molecule has 0 amide bonds. The van der Waals surface area contributed by atoms with Crippen molar-refractivity contribution in [1.82, 2.24) is 4.98 Å². The molecule has 1 nitrogen and oxygen atoms in total. The molecular weight excluding hydrogens is 328 g/mol. The smallest absolute Gasteiger partial charge is 0.225 e. The first-order chi connectivity index (χ1) is 12.7. The molecule has 0 bridgehead atoms. The second-order valence-corrected chi connectivity index (χ2v) is 8.86. The molecule has 26 heavy (non-hydrogen) atoms. The highest BCUT2D eigenvalue weighted by Crippen LogP contribution is 2.43. The molecule has 0 saturated heterocycles. The van der Waals surface area contributed by atoms with Gasteiger partial charge in [-0.05, 0) is 73.8 Å². The molecule has 0 spiro atoms. The van der Waals surface area contributed by atoms with E-state index in [2.05, 4.69) is 11.9 Å². The molecule has 0 unspecified atom stereocenters.